The first-order chi connectivity index (χ1) is 27.1. The Balaban J connectivity index is 0.000000144. The second-order valence-corrected chi connectivity index (χ2v) is 12.8. The minimum Gasteiger partial charge on any atom is -0.394 e. The van der Waals surface area contributed by atoms with Crippen LogP contribution in [-0.4, -0.2) is 146 Å². The third-order valence-electron chi connectivity index (χ3n) is 9.16. The van der Waals surface area contributed by atoms with Gasteiger partial charge in [-0.25, -0.2) is 39.9 Å². The highest BCUT2D eigenvalue weighted by Gasteiger charge is 2.38. The Labute approximate surface area is 319 Å². The Kier molecular flexibility index (Phi) is 12.6. The van der Waals surface area contributed by atoms with E-state index in [1.54, 1.807) is 4.57 Å². The molecular weight excluding hydrogens is 756 g/mol. The number of aromatic amines is 1. The molecule has 3 saturated heterocycles. The fraction of sp³-hybridized carbons (Fsp3) is 0.516. The predicted octanol–water partition coefficient (Wildman–Crippen LogP) is -1.15. The number of H-pyrrole nitrogens is 1. The van der Waals surface area contributed by atoms with E-state index in [1.165, 1.54) is 47.1 Å². The molecule has 0 saturated carbocycles. The minimum atomic E-state index is -0.776. The zero-order chi connectivity index (χ0) is 39.5. The van der Waals surface area contributed by atoms with E-state index < -0.39 is 49.2 Å². The lowest BCUT2D eigenvalue weighted by Gasteiger charge is -2.16. The van der Waals surface area contributed by atoms with Crippen molar-refractivity contribution < 1.29 is 44.8 Å². The van der Waals surface area contributed by atoms with E-state index in [0.29, 0.717) is 47.2 Å². The third-order valence-corrected chi connectivity index (χ3v) is 9.16. The molecule has 304 valence electrons. The number of nitrogens with two attached hydrogens (primary N) is 1. The fourth-order valence-corrected chi connectivity index (χ4v) is 6.54. The van der Waals surface area contributed by atoms with Crippen LogP contribution in [0.4, 0.5) is 11.6 Å². The van der Waals surface area contributed by atoms with E-state index in [-0.39, 0.29) is 56.1 Å². The van der Waals surface area contributed by atoms with E-state index in [9.17, 15) is 20.1 Å². The van der Waals surface area contributed by atoms with Gasteiger partial charge < -0.3 is 55.6 Å². The molecular formula is C31H40N16O10. The highest BCUT2D eigenvalue weighted by molar-refractivity contribution is 5.81. The number of aliphatic hydroxyl groups excluding tert-OH is 6. The summed E-state index contributed by atoms with van der Waals surface area (Å²) < 4.78 is 21.2. The summed E-state index contributed by atoms with van der Waals surface area (Å²) in [7, 11) is 0. The molecule has 6 aromatic rings. The van der Waals surface area contributed by atoms with Crippen LogP contribution in [-0.2, 0) is 14.2 Å². The number of azide groups is 1. The van der Waals surface area contributed by atoms with Crippen molar-refractivity contribution >= 4 is 45.1 Å². The zero-order valence-corrected chi connectivity index (χ0v) is 29.1. The first kappa shape index (κ1) is 40.9. The van der Waals surface area contributed by atoms with E-state index >= 15 is 0 Å². The van der Waals surface area contributed by atoms with Gasteiger partial charge in [-0.05, 0) is 10.6 Å². The van der Waals surface area contributed by atoms with E-state index in [1.807, 2.05) is 0 Å². The molecule has 0 aliphatic carbocycles. The molecule has 6 aromatic heterocycles. The zero-order valence-electron chi connectivity index (χ0n) is 29.1. The van der Waals surface area contributed by atoms with Crippen LogP contribution in [0.1, 0.15) is 45.4 Å². The van der Waals surface area contributed by atoms with Gasteiger partial charge in [0.25, 0.3) is 5.56 Å². The highest BCUT2D eigenvalue weighted by atomic mass is 16.6. The molecule has 9 rings (SSSR count). The second-order valence-electron chi connectivity index (χ2n) is 12.8. The molecule has 0 radical (unpaired) electrons. The molecule has 26 heteroatoms. The molecule has 0 amide bonds. The first-order valence-corrected chi connectivity index (χ1v) is 17.0. The monoisotopic (exact) mass is 796 g/mol. The van der Waals surface area contributed by atoms with E-state index in [0.717, 1.165) is 0 Å². The van der Waals surface area contributed by atoms with Crippen molar-refractivity contribution in [1.82, 2.24) is 58.6 Å². The summed E-state index contributed by atoms with van der Waals surface area (Å²) in [6.45, 7) is -0.454. The number of hydrogen-bond donors (Lipinski definition) is 8. The molecule has 3 fully saturated rings. The highest BCUT2D eigenvalue weighted by Crippen LogP contribution is 2.33. The van der Waals surface area contributed by atoms with Gasteiger partial charge in [-0.2, -0.15) is 0 Å². The average molecular weight is 797 g/mol. The van der Waals surface area contributed by atoms with Crippen molar-refractivity contribution in [2.45, 2.75) is 82.0 Å². The summed E-state index contributed by atoms with van der Waals surface area (Å²) in [5.41, 5.74) is 16.1. The number of fused-ring (bicyclic) bond motifs is 3. The summed E-state index contributed by atoms with van der Waals surface area (Å²) in [4.78, 5) is 48.6. The van der Waals surface area contributed by atoms with Crippen LogP contribution in [0.2, 0.25) is 0 Å². The van der Waals surface area contributed by atoms with Crippen LogP contribution in [0.5, 0.6) is 0 Å². The molecule has 0 bridgehead atoms. The van der Waals surface area contributed by atoms with Gasteiger partial charge in [-0.3, -0.25) is 18.5 Å². The van der Waals surface area contributed by atoms with Crippen LogP contribution < -0.4 is 11.3 Å². The number of hydrogen-bond acceptors (Lipinski definition) is 20. The molecule has 9 N–H and O–H groups in total. The smallest absolute Gasteiger partial charge is 0.278 e. The Morgan fingerprint density at radius 2 is 1.14 bits per heavy atom. The summed E-state index contributed by atoms with van der Waals surface area (Å²) in [6, 6.07) is 0. The maximum absolute atomic E-state index is 11.5. The topological polar surface area (TPSA) is 375 Å². The number of ether oxygens (including phenoxy) is 3. The van der Waals surface area contributed by atoms with Crippen molar-refractivity contribution in [3.8, 4) is 0 Å². The number of nitrogens with one attached hydrogen (secondary N) is 1. The van der Waals surface area contributed by atoms with Gasteiger partial charge in [0.2, 0.25) is 0 Å². The third kappa shape index (κ3) is 8.07. The lowest BCUT2D eigenvalue weighted by atomic mass is 10.2. The van der Waals surface area contributed by atoms with Crippen molar-refractivity contribution in [3.63, 3.8) is 0 Å². The van der Waals surface area contributed by atoms with E-state index in [4.69, 9.17) is 40.8 Å². The van der Waals surface area contributed by atoms with Gasteiger partial charge in [0, 0.05) is 24.2 Å². The Morgan fingerprint density at radius 1 is 0.702 bits per heavy atom. The van der Waals surface area contributed by atoms with Crippen molar-refractivity contribution in [2.24, 2.45) is 5.11 Å². The van der Waals surface area contributed by atoms with Crippen LogP contribution in [0.3, 0.4) is 0 Å². The molecule has 9 unspecified atom stereocenters. The molecule has 26 nitrogen and oxygen atoms in total. The van der Waals surface area contributed by atoms with Gasteiger partial charge in [0.1, 0.15) is 42.0 Å². The summed E-state index contributed by atoms with van der Waals surface area (Å²) in [5.74, 6) is 0.396. The Hall–Kier alpha value is -5.80. The van der Waals surface area contributed by atoms with Gasteiger partial charge in [-0.15, -0.1) is 0 Å². The Bertz CT molecular complexity index is 2400. The molecule has 3 aliphatic rings. The number of anilines is 1. The van der Waals surface area contributed by atoms with Crippen LogP contribution >= 0.6 is 0 Å². The van der Waals surface area contributed by atoms with Gasteiger partial charge in [0.05, 0.1) is 63.4 Å². The number of imidazole rings is 3. The predicted molar refractivity (Wildman–Crippen MR) is 194 cm³/mol. The number of aromatic nitrogens is 12. The van der Waals surface area contributed by atoms with E-state index in [2.05, 4.69) is 54.9 Å². The first-order valence-electron chi connectivity index (χ1n) is 17.0. The molecule has 9 heterocycles. The van der Waals surface area contributed by atoms with Crippen molar-refractivity contribution in [3.05, 3.63) is 58.8 Å². The SMILES string of the molecule is C.Nc1ncnc2c1ncn2C1OC(CO)CC1O.O=c1[nH]cnc2c1ncn2C1OC(CO)CC1O.[N-]=[N+]=Nc1ncnc2c1ncn2C1OC(CO)CC1O. The molecule has 0 aromatic carbocycles. The van der Waals surface area contributed by atoms with Crippen LogP contribution in [0, 0.1) is 0 Å². The summed E-state index contributed by atoms with van der Waals surface area (Å²) >= 11 is 0. The van der Waals surface area contributed by atoms with Crippen LogP contribution in [0.15, 0.2) is 47.9 Å². The Morgan fingerprint density at radius 3 is 1.61 bits per heavy atom. The number of aliphatic hydroxyl groups is 6. The van der Waals surface area contributed by atoms with Gasteiger partial charge >= 0.3 is 0 Å². The lowest BCUT2D eigenvalue weighted by molar-refractivity contribution is -0.0486. The second kappa shape index (κ2) is 17.6. The molecule has 57 heavy (non-hydrogen) atoms. The van der Waals surface area contributed by atoms with Gasteiger partial charge in [0.15, 0.2) is 52.8 Å². The van der Waals surface area contributed by atoms with Crippen LogP contribution in [0.25, 0.3) is 43.9 Å². The quantitative estimate of drug-likeness (QED) is 0.0537. The average Bonchev–Trinajstić information content (AvgIpc) is 4.06. The maximum atomic E-state index is 11.5. The molecule has 3 aliphatic heterocycles. The minimum absolute atomic E-state index is 0. The number of nitrogens with zero attached hydrogens (tertiary/aromatic N) is 14. The summed E-state index contributed by atoms with van der Waals surface area (Å²) in [5, 5.41) is 60.4. The molecule has 0 spiro atoms. The molecule has 9 atom stereocenters. The maximum Gasteiger partial charge on any atom is 0.278 e. The van der Waals surface area contributed by atoms with Crippen molar-refractivity contribution in [2.75, 3.05) is 25.6 Å². The van der Waals surface area contributed by atoms with Crippen molar-refractivity contribution in [1.29, 1.82) is 0 Å². The van der Waals surface area contributed by atoms with Gasteiger partial charge in [-0.1, -0.05) is 7.43 Å². The summed E-state index contributed by atoms with van der Waals surface area (Å²) in [6.07, 6.45) is 3.79. The standard InChI is InChI=1S/C10H11N7O3.C10H13N5O3.C10H12N4O4.CH4/c11-16-15-8-7-9(13-3-12-8)17(4-14-7)10-6(19)1-5(2-18)20-10;11-8-7-9(13-3-12-8)15(4-14-7)10-6(17)1-5(2-16)18-10;15-2-5-1-6(16)10(18-5)14-4-13-7-8(14)11-3-12-9(7)17;/h3-6,10,18-19H,1-2H2;3-6,10,16-17H,1-2H2,(H2,11,12,13);3-6,10,15-16H,1-2H2,(H,11,12,17);1H4. The fourth-order valence-electron chi connectivity index (χ4n) is 6.54. The number of rotatable bonds is 7. The number of nitrogen functional groups attached to an aromatic ring is 1. The largest absolute Gasteiger partial charge is 0.394 e. The normalized spacial score (nSPS) is 26.7. The lowest BCUT2D eigenvalue weighted by Crippen LogP contribution is -2.19.